The lowest BCUT2D eigenvalue weighted by atomic mass is 9.97. The molecule has 1 amide bonds. The first-order chi connectivity index (χ1) is 13.7. The van der Waals surface area contributed by atoms with Gasteiger partial charge in [0.1, 0.15) is 0 Å². The molecule has 3 heterocycles. The van der Waals surface area contributed by atoms with Gasteiger partial charge in [-0.3, -0.25) is 4.79 Å². The van der Waals surface area contributed by atoms with Gasteiger partial charge in [0.15, 0.2) is 0 Å². The Hall–Kier alpha value is -2.84. The van der Waals surface area contributed by atoms with Crippen LogP contribution in [0, 0.1) is 11.3 Å². The SMILES string of the molecule is CCC1c2ccsc2CCN1C(=O)/C=C/c1cn(CCC#N)c2ccccc12. The molecule has 0 spiro atoms. The van der Waals surface area contributed by atoms with E-state index in [2.05, 4.69) is 41.1 Å². The third-order valence-electron chi connectivity index (χ3n) is 5.45. The molecule has 1 aliphatic rings. The summed E-state index contributed by atoms with van der Waals surface area (Å²) < 4.78 is 2.09. The van der Waals surface area contributed by atoms with Crippen molar-refractivity contribution >= 4 is 34.2 Å². The summed E-state index contributed by atoms with van der Waals surface area (Å²) >= 11 is 1.80. The summed E-state index contributed by atoms with van der Waals surface area (Å²) in [7, 11) is 0. The van der Waals surface area contributed by atoms with E-state index >= 15 is 0 Å². The number of amides is 1. The number of carbonyl (C=O) groups excluding carboxylic acids is 1. The van der Waals surface area contributed by atoms with Gasteiger partial charge in [0.2, 0.25) is 5.91 Å². The van der Waals surface area contributed by atoms with Crippen molar-refractivity contribution in [3.8, 4) is 6.07 Å². The summed E-state index contributed by atoms with van der Waals surface area (Å²) in [5.41, 5.74) is 3.42. The number of aryl methyl sites for hydroxylation is 1. The molecular formula is C23H23N3OS. The highest BCUT2D eigenvalue weighted by Crippen LogP contribution is 2.35. The topological polar surface area (TPSA) is 49.0 Å². The number of rotatable bonds is 5. The molecule has 28 heavy (non-hydrogen) atoms. The molecule has 0 bridgehead atoms. The lowest BCUT2D eigenvalue weighted by molar-refractivity contribution is -0.128. The lowest BCUT2D eigenvalue weighted by Crippen LogP contribution is -2.38. The number of benzene rings is 1. The molecule has 5 heteroatoms. The average molecular weight is 390 g/mol. The van der Waals surface area contributed by atoms with Crippen LogP contribution in [0.25, 0.3) is 17.0 Å². The van der Waals surface area contributed by atoms with Crippen LogP contribution < -0.4 is 0 Å². The first-order valence-electron chi connectivity index (χ1n) is 9.72. The van der Waals surface area contributed by atoms with Crippen LogP contribution in [-0.4, -0.2) is 21.9 Å². The van der Waals surface area contributed by atoms with E-state index in [-0.39, 0.29) is 11.9 Å². The van der Waals surface area contributed by atoms with Gasteiger partial charge in [-0.05, 0) is 42.0 Å². The van der Waals surface area contributed by atoms with E-state index in [1.165, 1.54) is 10.4 Å². The second-order valence-electron chi connectivity index (χ2n) is 7.04. The highest BCUT2D eigenvalue weighted by atomic mass is 32.1. The maximum Gasteiger partial charge on any atom is 0.247 e. The summed E-state index contributed by atoms with van der Waals surface area (Å²) in [6.45, 7) is 3.58. The smallest absolute Gasteiger partial charge is 0.247 e. The van der Waals surface area contributed by atoms with Gasteiger partial charge in [0.25, 0.3) is 0 Å². The van der Waals surface area contributed by atoms with Crippen LogP contribution in [0.1, 0.15) is 41.8 Å². The Labute approximate surface area is 169 Å². The molecule has 0 radical (unpaired) electrons. The molecule has 3 aromatic rings. The van der Waals surface area contributed by atoms with E-state index in [0.29, 0.717) is 13.0 Å². The van der Waals surface area contributed by atoms with Crippen molar-refractivity contribution in [3.63, 3.8) is 0 Å². The fourth-order valence-electron chi connectivity index (χ4n) is 4.12. The number of nitrogens with zero attached hydrogens (tertiary/aromatic N) is 3. The van der Waals surface area contributed by atoms with E-state index in [1.807, 2.05) is 29.3 Å². The zero-order valence-electron chi connectivity index (χ0n) is 16.0. The van der Waals surface area contributed by atoms with Gasteiger partial charge in [0, 0.05) is 46.7 Å². The summed E-state index contributed by atoms with van der Waals surface area (Å²) in [5, 5.41) is 12.1. The summed E-state index contributed by atoms with van der Waals surface area (Å²) in [6, 6.07) is 12.7. The Bertz CT molecular complexity index is 1070. The van der Waals surface area contributed by atoms with Gasteiger partial charge in [-0.2, -0.15) is 5.26 Å². The minimum atomic E-state index is 0.0672. The minimum Gasteiger partial charge on any atom is -0.346 e. The second kappa shape index (κ2) is 8.04. The molecule has 0 N–H and O–H groups in total. The number of aromatic nitrogens is 1. The third kappa shape index (κ3) is 3.36. The molecular weight excluding hydrogens is 366 g/mol. The first-order valence-corrected chi connectivity index (χ1v) is 10.6. The molecule has 1 atom stereocenters. The zero-order chi connectivity index (χ0) is 19.5. The van der Waals surface area contributed by atoms with E-state index < -0.39 is 0 Å². The molecule has 0 fully saturated rings. The second-order valence-corrected chi connectivity index (χ2v) is 8.04. The van der Waals surface area contributed by atoms with E-state index in [9.17, 15) is 4.79 Å². The van der Waals surface area contributed by atoms with Gasteiger partial charge in [-0.25, -0.2) is 0 Å². The summed E-state index contributed by atoms with van der Waals surface area (Å²) in [6.07, 6.45) is 8.00. The first kappa shape index (κ1) is 18.5. The quantitative estimate of drug-likeness (QED) is 0.566. The van der Waals surface area contributed by atoms with Gasteiger partial charge >= 0.3 is 0 Å². The average Bonchev–Trinajstić information content (AvgIpc) is 3.34. The summed E-state index contributed by atoms with van der Waals surface area (Å²) in [5.74, 6) is 0.0672. The Morgan fingerprint density at radius 1 is 1.36 bits per heavy atom. The van der Waals surface area contributed by atoms with Crippen LogP contribution in [0.4, 0.5) is 0 Å². The molecule has 0 saturated heterocycles. The number of hydrogen-bond donors (Lipinski definition) is 0. The predicted octanol–water partition coefficient (Wildman–Crippen LogP) is 5.17. The van der Waals surface area contributed by atoms with E-state index in [0.717, 1.165) is 35.9 Å². The number of thiophene rings is 1. The van der Waals surface area contributed by atoms with Crippen LogP contribution in [0.3, 0.4) is 0 Å². The van der Waals surface area contributed by atoms with Gasteiger partial charge in [-0.1, -0.05) is 25.1 Å². The van der Waals surface area contributed by atoms with Crippen molar-refractivity contribution in [2.75, 3.05) is 6.54 Å². The Kier molecular flexibility index (Phi) is 5.31. The zero-order valence-corrected chi connectivity index (χ0v) is 16.8. The fraction of sp³-hybridized carbons (Fsp3) is 0.304. The van der Waals surface area contributed by atoms with Crippen LogP contribution in [0.5, 0.6) is 0 Å². The predicted molar refractivity (Wildman–Crippen MR) is 114 cm³/mol. The van der Waals surface area contributed by atoms with E-state index in [1.54, 1.807) is 17.4 Å². The maximum absolute atomic E-state index is 13.0. The third-order valence-corrected chi connectivity index (χ3v) is 6.45. The summed E-state index contributed by atoms with van der Waals surface area (Å²) in [4.78, 5) is 16.4. The Balaban J connectivity index is 1.59. The van der Waals surface area contributed by atoms with Crippen molar-refractivity contribution in [1.29, 1.82) is 5.26 Å². The van der Waals surface area contributed by atoms with Crippen molar-refractivity contribution in [1.82, 2.24) is 9.47 Å². The van der Waals surface area contributed by atoms with Crippen molar-refractivity contribution in [2.24, 2.45) is 0 Å². The van der Waals surface area contributed by atoms with Crippen LogP contribution in [-0.2, 0) is 17.8 Å². The fourth-order valence-corrected chi connectivity index (χ4v) is 5.05. The highest BCUT2D eigenvalue weighted by Gasteiger charge is 2.29. The molecule has 4 rings (SSSR count). The molecule has 142 valence electrons. The van der Waals surface area contributed by atoms with Gasteiger partial charge in [-0.15, -0.1) is 11.3 Å². The van der Waals surface area contributed by atoms with Gasteiger partial charge in [0.05, 0.1) is 18.5 Å². The lowest BCUT2D eigenvalue weighted by Gasteiger charge is -2.34. The minimum absolute atomic E-state index is 0.0672. The maximum atomic E-state index is 13.0. The van der Waals surface area contributed by atoms with Crippen molar-refractivity contribution in [2.45, 2.75) is 38.8 Å². The number of fused-ring (bicyclic) bond motifs is 2. The molecule has 4 nitrogen and oxygen atoms in total. The van der Waals surface area contributed by atoms with Crippen molar-refractivity contribution in [3.05, 3.63) is 64.0 Å². The number of hydrogen-bond acceptors (Lipinski definition) is 3. The standard InChI is InChI=1S/C23H23N3OS/c1-2-20-19-11-15-28-22(19)10-14-26(20)23(27)9-8-17-16-25(13-5-12-24)21-7-4-3-6-18(17)21/h3-4,6-9,11,15-16,20H,2,5,10,13-14H2,1H3/b9-8+. The largest absolute Gasteiger partial charge is 0.346 e. The molecule has 0 saturated carbocycles. The monoisotopic (exact) mass is 389 g/mol. The van der Waals surface area contributed by atoms with Crippen LogP contribution in [0.15, 0.2) is 48.0 Å². The molecule has 2 aromatic heterocycles. The molecule has 1 unspecified atom stereocenters. The van der Waals surface area contributed by atoms with Gasteiger partial charge < -0.3 is 9.47 Å². The molecule has 1 aromatic carbocycles. The highest BCUT2D eigenvalue weighted by molar-refractivity contribution is 7.10. The molecule has 0 aliphatic carbocycles. The van der Waals surface area contributed by atoms with E-state index in [4.69, 9.17) is 5.26 Å². The number of para-hydroxylation sites is 1. The normalized spacial score (nSPS) is 16.4. The molecule has 1 aliphatic heterocycles. The van der Waals surface area contributed by atoms with Crippen LogP contribution in [0.2, 0.25) is 0 Å². The Morgan fingerprint density at radius 3 is 3.04 bits per heavy atom. The number of carbonyl (C=O) groups is 1. The van der Waals surface area contributed by atoms with Crippen LogP contribution >= 0.6 is 11.3 Å². The number of nitriles is 1. The Morgan fingerprint density at radius 2 is 2.21 bits per heavy atom. The van der Waals surface area contributed by atoms with Crippen molar-refractivity contribution < 1.29 is 4.79 Å².